The Morgan fingerprint density at radius 1 is 1.41 bits per heavy atom. The minimum absolute atomic E-state index is 0.0996. The molecule has 0 aliphatic carbocycles. The summed E-state index contributed by atoms with van der Waals surface area (Å²) in [5.41, 5.74) is 1.45. The zero-order chi connectivity index (χ0) is 12.4. The number of rotatable bonds is 4. The van der Waals surface area contributed by atoms with Gasteiger partial charge < -0.3 is 14.1 Å². The van der Waals surface area contributed by atoms with Gasteiger partial charge >= 0.3 is 5.97 Å². The minimum atomic E-state index is -1.10. The fraction of sp³-hybridized carbons (Fsp3) is 0.167. The maximum atomic E-state index is 10.8. The molecular formula is C12H11NO4. The normalized spacial score (nSPS) is 10.4. The Morgan fingerprint density at radius 3 is 2.76 bits per heavy atom. The van der Waals surface area contributed by atoms with Gasteiger partial charge in [0.1, 0.15) is 5.76 Å². The van der Waals surface area contributed by atoms with Gasteiger partial charge in [0, 0.05) is 5.69 Å². The molecule has 1 N–H and O–H groups in total. The highest BCUT2D eigenvalue weighted by Gasteiger charge is 2.11. The van der Waals surface area contributed by atoms with Crippen molar-refractivity contribution >= 4 is 12.3 Å². The SMILES string of the molecule is Cc1ccc(C=O)n1Cc1ccc(C(=O)O)o1. The van der Waals surface area contributed by atoms with E-state index >= 15 is 0 Å². The van der Waals surface area contributed by atoms with Crippen LogP contribution in [0.5, 0.6) is 0 Å². The van der Waals surface area contributed by atoms with Crippen molar-refractivity contribution in [1.29, 1.82) is 0 Å². The van der Waals surface area contributed by atoms with Crippen LogP contribution in [0.2, 0.25) is 0 Å². The van der Waals surface area contributed by atoms with E-state index in [-0.39, 0.29) is 5.76 Å². The van der Waals surface area contributed by atoms with Crippen LogP contribution in [0.3, 0.4) is 0 Å². The van der Waals surface area contributed by atoms with E-state index in [1.165, 1.54) is 6.07 Å². The number of hydrogen-bond acceptors (Lipinski definition) is 3. The van der Waals surface area contributed by atoms with Crippen molar-refractivity contribution in [3.8, 4) is 0 Å². The molecule has 0 bridgehead atoms. The third kappa shape index (κ3) is 2.13. The zero-order valence-electron chi connectivity index (χ0n) is 9.21. The van der Waals surface area contributed by atoms with E-state index in [9.17, 15) is 9.59 Å². The fourth-order valence-corrected chi connectivity index (χ4v) is 1.64. The summed E-state index contributed by atoms with van der Waals surface area (Å²) < 4.78 is 6.90. The molecule has 17 heavy (non-hydrogen) atoms. The number of carbonyl (C=O) groups excluding carboxylic acids is 1. The van der Waals surface area contributed by atoms with Crippen LogP contribution in [0.1, 0.15) is 32.5 Å². The Bertz CT molecular complexity index is 565. The van der Waals surface area contributed by atoms with Gasteiger partial charge in [0.25, 0.3) is 0 Å². The number of furan rings is 1. The van der Waals surface area contributed by atoms with Crippen LogP contribution in [0.4, 0.5) is 0 Å². The molecule has 5 nitrogen and oxygen atoms in total. The van der Waals surface area contributed by atoms with Crippen molar-refractivity contribution in [2.75, 3.05) is 0 Å². The molecule has 2 aromatic rings. The Hall–Kier alpha value is -2.30. The molecule has 0 amide bonds. The summed E-state index contributed by atoms with van der Waals surface area (Å²) in [5.74, 6) is -0.696. The number of aldehydes is 1. The Balaban J connectivity index is 2.27. The van der Waals surface area contributed by atoms with Crippen LogP contribution in [0.25, 0.3) is 0 Å². The molecule has 0 fully saturated rings. The monoisotopic (exact) mass is 233 g/mol. The van der Waals surface area contributed by atoms with Gasteiger partial charge in [0.2, 0.25) is 5.76 Å². The Kier molecular flexibility index (Phi) is 2.82. The van der Waals surface area contributed by atoms with Crippen molar-refractivity contribution < 1.29 is 19.1 Å². The number of carbonyl (C=O) groups is 2. The molecule has 0 spiro atoms. The van der Waals surface area contributed by atoms with Gasteiger partial charge in [0.05, 0.1) is 12.2 Å². The van der Waals surface area contributed by atoms with E-state index in [1.807, 2.05) is 13.0 Å². The van der Waals surface area contributed by atoms with Crippen molar-refractivity contribution in [1.82, 2.24) is 4.57 Å². The maximum Gasteiger partial charge on any atom is 0.371 e. The zero-order valence-corrected chi connectivity index (χ0v) is 9.21. The summed E-state index contributed by atoms with van der Waals surface area (Å²) >= 11 is 0. The lowest BCUT2D eigenvalue weighted by molar-refractivity contribution is 0.0660. The van der Waals surface area contributed by atoms with Gasteiger partial charge in [-0.1, -0.05) is 0 Å². The van der Waals surface area contributed by atoms with Gasteiger partial charge in [-0.15, -0.1) is 0 Å². The number of hydrogen-bond donors (Lipinski definition) is 1. The molecule has 0 saturated carbocycles. The third-order valence-corrected chi connectivity index (χ3v) is 2.54. The summed E-state index contributed by atoms with van der Waals surface area (Å²) in [6.45, 7) is 2.22. The quantitative estimate of drug-likeness (QED) is 0.819. The molecule has 0 saturated heterocycles. The van der Waals surface area contributed by atoms with Crippen molar-refractivity contribution in [2.45, 2.75) is 13.5 Å². The number of nitrogens with zero attached hydrogens (tertiary/aromatic N) is 1. The van der Waals surface area contributed by atoms with E-state index in [0.717, 1.165) is 12.0 Å². The fourth-order valence-electron chi connectivity index (χ4n) is 1.64. The molecule has 0 aliphatic heterocycles. The lowest BCUT2D eigenvalue weighted by Gasteiger charge is -2.05. The highest BCUT2D eigenvalue weighted by molar-refractivity contribution is 5.84. The number of aryl methyl sites for hydroxylation is 1. The van der Waals surface area contributed by atoms with Crippen LogP contribution in [-0.4, -0.2) is 21.9 Å². The molecule has 2 aromatic heterocycles. The minimum Gasteiger partial charge on any atom is -0.475 e. The molecule has 2 rings (SSSR count). The highest BCUT2D eigenvalue weighted by Crippen LogP contribution is 2.13. The molecule has 2 heterocycles. The molecule has 0 aromatic carbocycles. The lowest BCUT2D eigenvalue weighted by Crippen LogP contribution is -2.04. The first-order chi connectivity index (χ1) is 8.11. The molecule has 0 unspecified atom stereocenters. The maximum absolute atomic E-state index is 10.8. The van der Waals surface area contributed by atoms with Gasteiger partial charge in [0.15, 0.2) is 6.29 Å². The summed E-state index contributed by atoms with van der Waals surface area (Å²) in [4.78, 5) is 21.4. The van der Waals surface area contributed by atoms with E-state index in [0.29, 0.717) is 18.0 Å². The van der Waals surface area contributed by atoms with Crippen LogP contribution >= 0.6 is 0 Å². The standard InChI is InChI=1S/C12H11NO4/c1-8-2-3-9(7-14)13(8)6-10-4-5-11(17-10)12(15)16/h2-5,7H,6H2,1H3,(H,15,16). The van der Waals surface area contributed by atoms with Crippen molar-refractivity contribution in [3.63, 3.8) is 0 Å². The second-order valence-electron chi connectivity index (χ2n) is 3.67. The first-order valence-corrected chi connectivity index (χ1v) is 5.05. The van der Waals surface area contributed by atoms with Gasteiger partial charge in [-0.25, -0.2) is 4.79 Å². The van der Waals surface area contributed by atoms with Gasteiger partial charge in [-0.05, 0) is 31.2 Å². The topological polar surface area (TPSA) is 72.4 Å². The Morgan fingerprint density at radius 2 is 2.18 bits per heavy atom. The molecule has 0 aliphatic rings. The largest absolute Gasteiger partial charge is 0.475 e. The van der Waals surface area contributed by atoms with E-state index < -0.39 is 5.97 Å². The average molecular weight is 233 g/mol. The smallest absolute Gasteiger partial charge is 0.371 e. The number of aromatic carboxylic acids is 1. The first-order valence-electron chi connectivity index (χ1n) is 5.05. The lowest BCUT2D eigenvalue weighted by atomic mass is 10.4. The Labute approximate surface area is 97.3 Å². The predicted molar refractivity (Wildman–Crippen MR) is 59.3 cm³/mol. The predicted octanol–water partition coefficient (Wildman–Crippen LogP) is 1.95. The van der Waals surface area contributed by atoms with Crippen LogP contribution in [0, 0.1) is 6.92 Å². The number of carboxylic acid groups (broad SMARTS) is 1. The second-order valence-corrected chi connectivity index (χ2v) is 3.67. The van der Waals surface area contributed by atoms with E-state index in [4.69, 9.17) is 9.52 Å². The highest BCUT2D eigenvalue weighted by atomic mass is 16.4. The van der Waals surface area contributed by atoms with Crippen molar-refractivity contribution in [2.24, 2.45) is 0 Å². The van der Waals surface area contributed by atoms with Gasteiger partial charge in [-0.2, -0.15) is 0 Å². The van der Waals surface area contributed by atoms with Crippen LogP contribution in [-0.2, 0) is 6.54 Å². The molecule has 0 radical (unpaired) electrons. The third-order valence-electron chi connectivity index (χ3n) is 2.54. The molecular weight excluding hydrogens is 222 g/mol. The molecule has 88 valence electrons. The number of aromatic nitrogens is 1. The molecule has 0 atom stereocenters. The van der Waals surface area contributed by atoms with E-state index in [1.54, 1.807) is 16.7 Å². The average Bonchev–Trinajstić information content (AvgIpc) is 2.88. The second kappa shape index (κ2) is 4.29. The van der Waals surface area contributed by atoms with Crippen LogP contribution in [0.15, 0.2) is 28.7 Å². The first kappa shape index (κ1) is 11.2. The molecule has 5 heteroatoms. The van der Waals surface area contributed by atoms with E-state index in [2.05, 4.69) is 0 Å². The van der Waals surface area contributed by atoms with Crippen molar-refractivity contribution in [3.05, 3.63) is 47.2 Å². The summed E-state index contributed by atoms with van der Waals surface area (Å²) in [7, 11) is 0. The summed E-state index contributed by atoms with van der Waals surface area (Å²) in [5, 5.41) is 8.72. The summed E-state index contributed by atoms with van der Waals surface area (Å²) in [6, 6.07) is 6.53. The van der Waals surface area contributed by atoms with Crippen LogP contribution < -0.4 is 0 Å². The number of carboxylic acids is 1. The summed E-state index contributed by atoms with van der Waals surface area (Å²) in [6.07, 6.45) is 0.758. The van der Waals surface area contributed by atoms with Gasteiger partial charge in [-0.3, -0.25) is 4.79 Å².